The van der Waals surface area contributed by atoms with E-state index in [4.69, 9.17) is 10.5 Å². The fourth-order valence-electron chi connectivity index (χ4n) is 2.00. The van der Waals surface area contributed by atoms with Crippen LogP contribution >= 0.6 is 0 Å². The maximum atomic E-state index is 13.4. The second-order valence-electron chi connectivity index (χ2n) is 4.49. The summed E-state index contributed by atoms with van der Waals surface area (Å²) in [6.45, 7) is 5.08. The van der Waals surface area contributed by atoms with Crippen molar-refractivity contribution < 1.29 is 9.13 Å². The topological polar surface area (TPSA) is 64.3 Å². The van der Waals surface area contributed by atoms with Gasteiger partial charge < -0.3 is 15.4 Å². The first-order chi connectivity index (χ1) is 10.2. The van der Waals surface area contributed by atoms with Gasteiger partial charge in [-0.25, -0.2) is 9.37 Å². The summed E-state index contributed by atoms with van der Waals surface area (Å²) in [5.74, 6) is 0.571. The van der Waals surface area contributed by atoms with Crippen molar-refractivity contribution in [2.45, 2.75) is 20.3 Å². The number of nitrogen functional groups attached to an aromatic ring is 1. The van der Waals surface area contributed by atoms with Crippen LogP contribution in [0.3, 0.4) is 0 Å². The Morgan fingerprint density at radius 3 is 2.76 bits per heavy atom. The molecule has 6 heteroatoms. The molecule has 0 aliphatic rings. The maximum absolute atomic E-state index is 13.4. The van der Waals surface area contributed by atoms with Gasteiger partial charge in [-0.2, -0.15) is 4.98 Å². The van der Waals surface area contributed by atoms with Crippen LogP contribution in [0.4, 0.5) is 21.6 Å². The molecule has 2 N–H and O–H groups in total. The highest BCUT2D eigenvalue weighted by atomic mass is 19.1. The van der Waals surface area contributed by atoms with Gasteiger partial charge in [0.25, 0.3) is 0 Å². The van der Waals surface area contributed by atoms with Crippen LogP contribution in [0.1, 0.15) is 20.3 Å². The summed E-state index contributed by atoms with van der Waals surface area (Å²) in [4.78, 5) is 10.1. The molecule has 0 amide bonds. The predicted molar refractivity (Wildman–Crippen MR) is 81.3 cm³/mol. The van der Waals surface area contributed by atoms with Gasteiger partial charge in [-0.15, -0.1) is 0 Å². The highest BCUT2D eigenvalue weighted by Gasteiger charge is 2.16. The first kappa shape index (κ1) is 15.0. The summed E-state index contributed by atoms with van der Waals surface area (Å²) in [6.07, 6.45) is 2.26. The number of ether oxygens (including phenoxy) is 1. The van der Waals surface area contributed by atoms with Crippen LogP contribution in [0.15, 0.2) is 30.6 Å². The summed E-state index contributed by atoms with van der Waals surface area (Å²) < 4.78 is 18.9. The van der Waals surface area contributed by atoms with Crippen molar-refractivity contribution in [1.29, 1.82) is 0 Å². The SMILES string of the molecule is CCCOc1ncnc(N(CC)c2cccc(F)c2)c1N. The molecule has 1 aromatic heterocycles. The molecule has 0 radical (unpaired) electrons. The van der Waals surface area contributed by atoms with Gasteiger partial charge in [0, 0.05) is 12.2 Å². The molecule has 0 saturated heterocycles. The minimum Gasteiger partial charge on any atom is -0.476 e. The fraction of sp³-hybridized carbons (Fsp3) is 0.333. The van der Waals surface area contributed by atoms with E-state index in [0.717, 1.165) is 6.42 Å². The van der Waals surface area contributed by atoms with Crippen LogP contribution in [0.5, 0.6) is 5.88 Å². The van der Waals surface area contributed by atoms with Gasteiger partial charge >= 0.3 is 0 Å². The second kappa shape index (κ2) is 6.88. The zero-order valence-corrected chi connectivity index (χ0v) is 12.2. The van der Waals surface area contributed by atoms with E-state index < -0.39 is 0 Å². The molecule has 0 aliphatic heterocycles. The van der Waals surface area contributed by atoms with E-state index in [1.54, 1.807) is 12.1 Å². The average molecular weight is 290 g/mol. The minimum atomic E-state index is -0.305. The Morgan fingerprint density at radius 1 is 1.29 bits per heavy atom. The lowest BCUT2D eigenvalue weighted by molar-refractivity contribution is 0.306. The van der Waals surface area contributed by atoms with Gasteiger partial charge in [0.05, 0.1) is 6.61 Å². The van der Waals surface area contributed by atoms with E-state index in [1.165, 1.54) is 18.5 Å². The number of hydrogen-bond acceptors (Lipinski definition) is 5. The summed E-state index contributed by atoms with van der Waals surface area (Å²) in [7, 11) is 0. The molecule has 5 nitrogen and oxygen atoms in total. The van der Waals surface area contributed by atoms with Crippen LogP contribution < -0.4 is 15.4 Å². The monoisotopic (exact) mass is 290 g/mol. The zero-order chi connectivity index (χ0) is 15.2. The normalized spacial score (nSPS) is 10.4. The lowest BCUT2D eigenvalue weighted by atomic mass is 10.2. The van der Waals surface area contributed by atoms with Crippen molar-refractivity contribution >= 4 is 17.2 Å². The molecule has 2 aromatic rings. The Kier molecular flexibility index (Phi) is 4.92. The number of halogens is 1. The number of hydrogen-bond donors (Lipinski definition) is 1. The fourth-order valence-corrected chi connectivity index (χ4v) is 2.00. The molecule has 1 heterocycles. The van der Waals surface area contributed by atoms with Crippen LogP contribution in [0.2, 0.25) is 0 Å². The Morgan fingerprint density at radius 2 is 2.10 bits per heavy atom. The van der Waals surface area contributed by atoms with Crippen LogP contribution in [-0.4, -0.2) is 23.1 Å². The van der Waals surface area contributed by atoms with Gasteiger partial charge in [0.2, 0.25) is 5.88 Å². The predicted octanol–water partition coefficient (Wildman–Crippen LogP) is 3.14. The van der Waals surface area contributed by atoms with E-state index in [1.807, 2.05) is 18.7 Å². The lowest BCUT2D eigenvalue weighted by Gasteiger charge is -2.23. The minimum absolute atomic E-state index is 0.305. The molecule has 0 aliphatic carbocycles. The quantitative estimate of drug-likeness (QED) is 0.885. The van der Waals surface area contributed by atoms with E-state index in [0.29, 0.717) is 36.2 Å². The van der Waals surface area contributed by atoms with Crippen LogP contribution in [0, 0.1) is 5.82 Å². The smallest absolute Gasteiger partial charge is 0.242 e. The summed E-state index contributed by atoms with van der Waals surface area (Å²) in [6, 6.07) is 6.30. The first-order valence-electron chi connectivity index (χ1n) is 6.93. The molecular formula is C15H19FN4O. The maximum Gasteiger partial charge on any atom is 0.242 e. The molecular weight excluding hydrogens is 271 g/mol. The van der Waals surface area contributed by atoms with Crippen molar-refractivity contribution in [3.05, 3.63) is 36.4 Å². The number of nitrogens with zero attached hydrogens (tertiary/aromatic N) is 3. The number of aromatic nitrogens is 2. The molecule has 0 saturated carbocycles. The third-order valence-corrected chi connectivity index (χ3v) is 2.96. The van der Waals surface area contributed by atoms with Crippen molar-refractivity contribution in [3.8, 4) is 5.88 Å². The van der Waals surface area contributed by atoms with Crippen molar-refractivity contribution in [2.75, 3.05) is 23.8 Å². The molecule has 0 atom stereocenters. The van der Waals surface area contributed by atoms with Crippen molar-refractivity contribution in [1.82, 2.24) is 9.97 Å². The molecule has 0 unspecified atom stereocenters. The Bertz CT molecular complexity index is 606. The molecule has 0 fully saturated rings. The van der Waals surface area contributed by atoms with Crippen LogP contribution in [0.25, 0.3) is 0 Å². The second-order valence-corrected chi connectivity index (χ2v) is 4.49. The number of anilines is 3. The molecule has 0 spiro atoms. The molecule has 112 valence electrons. The Hall–Kier alpha value is -2.37. The molecule has 1 aromatic carbocycles. The van der Waals surface area contributed by atoms with E-state index >= 15 is 0 Å². The van der Waals surface area contributed by atoms with Gasteiger partial charge in [-0.1, -0.05) is 13.0 Å². The van der Waals surface area contributed by atoms with Crippen LogP contribution in [-0.2, 0) is 0 Å². The number of nitrogens with two attached hydrogens (primary N) is 1. The summed E-state index contributed by atoms with van der Waals surface area (Å²) >= 11 is 0. The summed E-state index contributed by atoms with van der Waals surface area (Å²) in [5, 5.41) is 0. The Labute approximate surface area is 123 Å². The highest BCUT2D eigenvalue weighted by molar-refractivity contribution is 5.74. The third kappa shape index (κ3) is 3.39. The van der Waals surface area contributed by atoms with Crippen molar-refractivity contribution in [3.63, 3.8) is 0 Å². The first-order valence-corrected chi connectivity index (χ1v) is 6.93. The van der Waals surface area contributed by atoms with Gasteiger partial charge in [0.15, 0.2) is 5.82 Å². The Balaban J connectivity index is 2.38. The standard InChI is InChI=1S/C15H19FN4O/c1-3-8-21-15-13(17)14(18-10-19-15)20(4-2)12-7-5-6-11(16)9-12/h5-7,9-10H,3-4,8,17H2,1-2H3. The molecule has 21 heavy (non-hydrogen) atoms. The number of benzene rings is 1. The summed E-state index contributed by atoms with van der Waals surface area (Å²) in [5.41, 5.74) is 7.13. The van der Waals surface area contributed by atoms with E-state index in [-0.39, 0.29) is 5.82 Å². The van der Waals surface area contributed by atoms with Gasteiger partial charge in [-0.3, -0.25) is 0 Å². The average Bonchev–Trinajstić information content (AvgIpc) is 2.48. The van der Waals surface area contributed by atoms with Gasteiger partial charge in [-0.05, 0) is 31.5 Å². The van der Waals surface area contributed by atoms with E-state index in [2.05, 4.69) is 9.97 Å². The molecule has 0 bridgehead atoms. The molecule has 2 rings (SSSR count). The number of rotatable bonds is 6. The highest BCUT2D eigenvalue weighted by Crippen LogP contribution is 2.32. The largest absolute Gasteiger partial charge is 0.476 e. The van der Waals surface area contributed by atoms with Gasteiger partial charge in [0.1, 0.15) is 17.8 Å². The van der Waals surface area contributed by atoms with E-state index in [9.17, 15) is 4.39 Å². The lowest BCUT2D eigenvalue weighted by Crippen LogP contribution is -2.20. The zero-order valence-electron chi connectivity index (χ0n) is 12.2. The third-order valence-electron chi connectivity index (χ3n) is 2.96. The van der Waals surface area contributed by atoms with Crippen molar-refractivity contribution in [2.24, 2.45) is 0 Å².